The van der Waals surface area contributed by atoms with Crippen LogP contribution in [0.3, 0.4) is 0 Å². The largest absolute Gasteiger partial charge is 0.375 e. The van der Waals surface area contributed by atoms with Crippen molar-refractivity contribution in [1.29, 1.82) is 0 Å². The van der Waals surface area contributed by atoms with Gasteiger partial charge in [0.25, 0.3) is 0 Å². The van der Waals surface area contributed by atoms with E-state index in [9.17, 15) is 9.59 Å². The highest BCUT2D eigenvalue weighted by molar-refractivity contribution is 5.95. The zero-order valence-electron chi connectivity index (χ0n) is 13.4. The van der Waals surface area contributed by atoms with Crippen molar-refractivity contribution in [3.63, 3.8) is 0 Å². The van der Waals surface area contributed by atoms with Gasteiger partial charge in [0.1, 0.15) is 6.04 Å². The second-order valence-corrected chi connectivity index (χ2v) is 6.13. The van der Waals surface area contributed by atoms with Gasteiger partial charge in [-0.2, -0.15) is 0 Å². The predicted octanol–water partition coefficient (Wildman–Crippen LogP) is 0.540. The molecule has 2 aliphatic heterocycles. The van der Waals surface area contributed by atoms with Gasteiger partial charge in [0.15, 0.2) is 0 Å². The normalized spacial score (nSPS) is 24.5. The van der Waals surface area contributed by atoms with Gasteiger partial charge in [0.05, 0.1) is 12.7 Å². The lowest BCUT2D eigenvalue weighted by Crippen LogP contribution is -2.57. The van der Waals surface area contributed by atoms with Gasteiger partial charge in [-0.25, -0.2) is 0 Å². The van der Waals surface area contributed by atoms with Gasteiger partial charge in [-0.3, -0.25) is 14.5 Å². The molecule has 0 bridgehead atoms. The highest BCUT2D eigenvalue weighted by Gasteiger charge is 2.34. The van der Waals surface area contributed by atoms with Crippen molar-refractivity contribution in [2.24, 2.45) is 5.73 Å². The predicted molar refractivity (Wildman–Crippen MR) is 87.1 cm³/mol. The van der Waals surface area contributed by atoms with Crippen molar-refractivity contribution < 1.29 is 14.3 Å². The molecule has 2 atom stereocenters. The first kappa shape index (κ1) is 16.0. The summed E-state index contributed by atoms with van der Waals surface area (Å²) >= 11 is 0. The van der Waals surface area contributed by atoms with E-state index in [1.807, 2.05) is 34.9 Å². The van der Waals surface area contributed by atoms with Crippen LogP contribution in [-0.2, 0) is 20.7 Å². The van der Waals surface area contributed by atoms with Gasteiger partial charge in [-0.05, 0) is 25.0 Å². The Kier molecular flexibility index (Phi) is 4.63. The third-order valence-electron chi connectivity index (χ3n) is 4.69. The Hall–Kier alpha value is -1.92. The summed E-state index contributed by atoms with van der Waals surface area (Å²) in [5.41, 5.74) is 7.72. The second-order valence-electron chi connectivity index (χ2n) is 6.13. The average Bonchev–Trinajstić information content (AvgIpc) is 2.96. The number of rotatable bonds is 4. The summed E-state index contributed by atoms with van der Waals surface area (Å²) in [4.78, 5) is 28.0. The minimum Gasteiger partial charge on any atom is -0.375 e. The van der Waals surface area contributed by atoms with E-state index in [4.69, 9.17) is 10.5 Å². The van der Waals surface area contributed by atoms with E-state index < -0.39 is 11.9 Å². The molecule has 23 heavy (non-hydrogen) atoms. The van der Waals surface area contributed by atoms with Crippen LogP contribution in [0, 0.1) is 0 Å². The molecule has 2 aliphatic rings. The molecule has 1 saturated heterocycles. The lowest BCUT2D eigenvalue weighted by atomic mass is 10.1. The maximum absolute atomic E-state index is 12.6. The van der Waals surface area contributed by atoms with Crippen LogP contribution in [0.1, 0.15) is 18.9 Å². The van der Waals surface area contributed by atoms with Crippen LogP contribution in [0.2, 0.25) is 0 Å². The van der Waals surface area contributed by atoms with Crippen molar-refractivity contribution in [3.05, 3.63) is 29.8 Å². The minimum absolute atomic E-state index is 0.0947. The maximum Gasteiger partial charge on any atom is 0.237 e. The van der Waals surface area contributed by atoms with Gasteiger partial charge in [0.2, 0.25) is 11.8 Å². The van der Waals surface area contributed by atoms with Crippen LogP contribution in [-0.4, -0.2) is 55.1 Å². The number of fused-ring (bicyclic) bond motifs is 1. The molecule has 1 fully saturated rings. The van der Waals surface area contributed by atoms with Crippen LogP contribution in [0.15, 0.2) is 24.3 Å². The van der Waals surface area contributed by atoms with Crippen LogP contribution < -0.4 is 10.6 Å². The van der Waals surface area contributed by atoms with E-state index in [1.165, 1.54) is 5.56 Å². The lowest BCUT2D eigenvalue weighted by molar-refractivity contribution is -0.136. The molecule has 3 rings (SSSR count). The fraction of sp³-hybridized carbons (Fsp3) is 0.529. The Morgan fingerprint density at radius 1 is 1.30 bits per heavy atom. The summed E-state index contributed by atoms with van der Waals surface area (Å²) in [7, 11) is 0. The summed E-state index contributed by atoms with van der Waals surface area (Å²) in [6.45, 7) is 4.30. The molecule has 6 nitrogen and oxygen atoms in total. The zero-order chi connectivity index (χ0) is 16.4. The number of hydrogen-bond acceptors (Lipinski definition) is 4. The number of hydrogen-bond donors (Lipinski definition) is 1. The Morgan fingerprint density at radius 2 is 2.09 bits per heavy atom. The van der Waals surface area contributed by atoms with E-state index in [0.717, 1.165) is 18.7 Å². The molecule has 0 aromatic heterocycles. The Bertz CT molecular complexity index is 605. The third-order valence-corrected chi connectivity index (χ3v) is 4.69. The van der Waals surface area contributed by atoms with Crippen LogP contribution in [0.4, 0.5) is 5.69 Å². The molecule has 1 aromatic rings. The van der Waals surface area contributed by atoms with Crippen molar-refractivity contribution >= 4 is 17.5 Å². The molecule has 0 aliphatic carbocycles. The monoisotopic (exact) mass is 317 g/mol. The number of benzene rings is 1. The number of nitrogens with two attached hydrogens (primary N) is 1. The van der Waals surface area contributed by atoms with Crippen LogP contribution >= 0.6 is 0 Å². The lowest BCUT2D eigenvalue weighted by Gasteiger charge is -2.37. The molecule has 0 spiro atoms. The summed E-state index contributed by atoms with van der Waals surface area (Å²) in [6.07, 6.45) is 1.05. The standard InChI is InChI=1S/C17H23N3O3/c1-12-16(17(18)22)19(10-11-23-12)8-7-15(21)20-9-6-13-4-2-3-5-14(13)20/h2-5,12,16H,6-11H2,1H3,(H2,18,22)/t12-,16+/m1/s1. The molecule has 0 unspecified atom stereocenters. The number of amides is 2. The number of carbonyl (C=O) groups is 2. The number of primary amides is 1. The number of nitrogens with zero attached hydrogens (tertiary/aromatic N) is 2. The Morgan fingerprint density at radius 3 is 2.87 bits per heavy atom. The highest BCUT2D eigenvalue weighted by atomic mass is 16.5. The molecule has 1 aromatic carbocycles. The fourth-order valence-corrected chi connectivity index (χ4v) is 3.52. The molecule has 0 saturated carbocycles. The highest BCUT2D eigenvalue weighted by Crippen LogP contribution is 2.28. The van der Waals surface area contributed by atoms with Gasteiger partial charge >= 0.3 is 0 Å². The molecular formula is C17H23N3O3. The van der Waals surface area contributed by atoms with E-state index in [-0.39, 0.29) is 12.0 Å². The molecule has 6 heteroatoms. The number of anilines is 1. The third kappa shape index (κ3) is 3.23. The van der Waals surface area contributed by atoms with Crippen LogP contribution in [0.25, 0.3) is 0 Å². The van der Waals surface area contributed by atoms with Gasteiger partial charge < -0.3 is 15.4 Å². The van der Waals surface area contributed by atoms with E-state index in [2.05, 4.69) is 6.07 Å². The van der Waals surface area contributed by atoms with Crippen molar-refractivity contribution in [3.8, 4) is 0 Å². The van der Waals surface area contributed by atoms with Gasteiger partial charge in [0, 0.05) is 31.7 Å². The first-order valence-electron chi connectivity index (χ1n) is 8.11. The minimum atomic E-state index is -0.456. The first-order chi connectivity index (χ1) is 11.1. The summed E-state index contributed by atoms with van der Waals surface area (Å²) in [6, 6.07) is 7.55. The van der Waals surface area contributed by atoms with E-state index in [0.29, 0.717) is 26.1 Å². The number of morpholine rings is 1. The van der Waals surface area contributed by atoms with E-state index in [1.54, 1.807) is 0 Å². The topological polar surface area (TPSA) is 75.9 Å². The SMILES string of the molecule is C[C@H]1OCCN(CCC(=O)N2CCc3ccccc32)[C@@H]1C(N)=O. The molecule has 2 N–H and O–H groups in total. The average molecular weight is 317 g/mol. The molecule has 0 radical (unpaired) electrons. The fourth-order valence-electron chi connectivity index (χ4n) is 3.52. The van der Waals surface area contributed by atoms with Crippen molar-refractivity contribution in [2.45, 2.75) is 31.9 Å². The quantitative estimate of drug-likeness (QED) is 0.879. The summed E-state index contributed by atoms with van der Waals surface area (Å²) in [5.74, 6) is -0.298. The second kappa shape index (κ2) is 6.68. The molecular weight excluding hydrogens is 294 g/mol. The zero-order valence-corrected chi connectivity index (χ0v) is 13.4. The Labute approximate surface area is 136 Å². The maximum atomic E-state index is 12.6. The summed E-state index contributed by atoms with van der Waals surface area (Å²) in [5, 5.41) is 0. The first-order valence-corrected chi connectivity index (χ1v) is 8.11. The van der Waals surface area contributed by atoms with Crippen molar-refractivity contribution in [2.75, 3.05) is 31.1 Å². The van der Waals surface area contributed by atoms with Crippen LogP contribution in [0.5, 0.6) is 0 Å². The Balaban J connectivity index is 1.62. The number of carbonyl (C=O) groups excluding carboxylic acids is 2. The van der Waals surface area contributed by atoms with Gasteiger partial charge in [-0.15, -0.1) is 0 Å². The summed E-state index contributed by atoms with van der Waals surface area (Å²) < 4.78 is 5.50. The molecule has 124 valence electrons. The number of para-hydroxylation sites is 1. The van der Waals surface area contributed by atoms with E-state index >= 15 is 0 Å². The van der Waals surface area contributed by atoms with Crippen molar-refractivity contribution in [1.82, 2.24) is 4.90 Å². The molecule has 2 heterocycles. The number of ether oxygens (including phenoxy) is 1. The molecule has 2 amide bonds. The van der Waals surface area contributed by atoms with Gasteiger partial charge in [-0.1, -0.05) is 18.2 Å². The smallest absolute Gasteiger partial charge is 0.237 e.